The molecule has 0 aliphatic rings. The summed E-state index contributed by atoms with van der Waals surface area (Å²) >= 11 is 0. The van der Waals surface area contributed by atoms with Gasteiger partial charge in [-0.15, -0.1) is 0 Å². The Morgan fingerprint density at radius 3 is 1.85 bits per heavy atom. The summed E-state index contributed by atoms with van der Waals surface area (Å²) in [5, 5.41) is 0. The topological polar surface area (TPSA) is 110 Å². The van der Waals surface area contributed by atoms with E-state index in [0.717, 1.165) is 17.7 Å². The largest absolute Gasteiger partial charge is 0.478 e. The predicted octanol–water partition coefficient (Wildman–Crippen LogP) is 5.30. The van der Waals surface area contributed by atoms with Crippen molar-refractivity contribution in [2.45, 2.75) is 98.9 Å². The van der Waals surface area contributed by atoms with Gasteiger partial charge in [-0.25, -0.2) is 13.9 Å². The van der Waals surface area contributed by atoms with Crippen molar-refractivity contribution < 1.29 is 41.9 Å². The van der Waals surface area contributed by atoms with Crippen LogP contribution in [0.2, 0.25) is 0 Å². The van der Waals surface area contributed by atoms with Crippen molar-refractivity contribution in [1.29, 1.82) is 0 Å². The second-order valence-corrected chi connectivity index (χ2v) is 12.0. The molecule has 33 heavy (non-hydrogen) atoms. The lowest BCUT2D eigenvalue weighted by molar-refractivity contribution is -0.156. The van der Waals surface area contributed by atoms with Crippen LogP contribution in [0.3, 0.4) is 0 Å². The molecule has 0 saturated carbocycles. The molecule has 0 atom stereocenters. The van der Waals surface area contributed by atoms with Crippen LogP contribution in [-0.2, 0) is 37.1 Å². The van der Waals surface area contributed by atoms with Crippen molar-refractivity contribution >= 4 is 19.9 Å². The molecule has 0 N–H and O–H groups in total. The number of unbranched alkanes of at least 4 members (excludes halogenated alkanes) is 1. The monoisotopic (exact) mass is 497 g/mol. The summed E-state index contributed by atoms with van der Waals surface area (Å²) in [6.45, 7) is 17.3. The Kier molecular flexibility index (Phi) is 13.1. The number of carbonyl (C=O) groups excluding carboxylic acids is 2. The number of carbonyl (C=O) groups is 2. The molecule has 1 amide bonds. The van der Waals surface area contributed by atoms with Crippen LogP contribution in [-0.4, -0.2) is 66.9 Å². The van der Waals surface area contributed by atoms with Crippen LogP contribution >= 0.6 is 7.82 Å². The van der Waals surface area contributed by atoms with Gasteiger partial charge < -0.3 is 14.2 Å². The van der Waals surface area contributed by atoms with Gasteiger partial charge in [0.15, 0.2) is 0 Å². The molecular weight excluding hydrogens is 453 g/mol. The van der Waals surface area contributed by atoms with Gasteiger partial charge in [0.25, 0.3) is 0 Å². The van der Waals surface area contributed by atoms with Crippen molar-refractivity contribution in [2.75, 3.05) is 33.1 Å². The van der Waals surface area contributed by atoms with E-state index in [2.05, 4.69) is 0 Å². The molecule has 0 heterocycles. The van der Waals surface area contributed by atoms with Gasteiger partial charge in [-0.3, -0.25) is 18.7 Å². The summed E-state index contributed by atoms with van der Waals surface area (Å²) in [6, 6.07) is 0. The first kappa shape index (κ1) is 31.8. The van der Waals surface area contributed by atoms with Gasteiger partial charge in [0.1, 0.15) is 12.1 Å². The number of hydrogen-bond acceptors (Lipinski definition) is 9. The van der Waals surface area contributed by atoms with Crippen LogP contribution in [0.1, 0.15) is 82.1 Å². The van der Waals surface area contributed by atoms with E-state index < -0.39 is 43.5 Å². The number of phosphoric ester groups is 1. The molecular formula is C22H44NO9P. The smallest absolute Gasteiger partial charge is 0.459 e. The Morgan fingerprint density at radius 1 is 0.848 bits per heavy atom. The fraction of sp³-hybridized carbons (Fsp3) is 0.909. The van der Waals surface area contributed by atoms with Crippen molar-refractivity contribution in [3.63, 3.8) is 0 Å². The second-order valence-electron chi connectivity index (χ2n) is 10.5. The minimum Gasteiger partial charge on any atom is -0.459 e. The number of nitrogens with zero attached hydrogens (tertiary/aromatic N) is 1. The van der Waals surface area contributed by atoms with E-state index in [-0.39, 0.29) is 19.7 Å². The highest BCUT2D eigenvalue weighted by Gasteiger charge is 2.37. The van der Waals surface area contributed by atoms with Crippen LogP contribution in [0.25, 0.3) is 0 Å². The summed E-state index contributed by atoms with van der Waals surface area (Å²) in [6.07, 6.45) is 1.02. The molecule has 0 aromatic heterocycles. The number of rotatable bonds is 13. The van der Waals surface area contributed by atoms with Crippen LogP contribution in [0.4, 0.5) is 4.79 Å². The molecule has 0 unspecified atom stereocenters. The second kappa shape index (κ2) is 13.6. The Balaban J connectivity index is 5.10. The van der Waals surface area contributed by atoms with Gasteiger partial charge in [-0.05, 0) is 68.7 Å². The summed E-state index contributed by atoms with van der Waals surface area (Å²) < 4.78 is 45.1. The molecule has 0 aromatic carbocycles. The van der Waals surface area contributed by atoms with Gasteiger partial charge >= 0.3 is 19.9 Å². The maximum atomic E-state index is 13.0. The van der Waals surface area contributed by atoms with E-state index in [1.54, 1.807) is 62.3 Å². The first-order valence-electron chi connectivity index (χ1n) is 11.2. The first-order valence-corrected chi connectivity index (χ1v) is 12.7. The summed E-state index contributed by atoms with van der Waals surface area (Å²) in [5.41, 5.74) is -2.36. The van der Waals surface area contributed by atoms with E-state index in [0.29, 0.717) is 6.61 Å². The molecule has 11 heteroatoms. The maximum Gasteiger partial charge on any atom is 0.478 e. The molecule has 0 saturated heterocycles. The minimum absolute atomic E-state index is 0.108. The fourth-order valence-corrected chi connectivity index (χ4v) is 3.93. The molecule has 0 aliphatic carbocycles. The SMILES string of the molecule is CCCCOCCN(CC(=O)OC(C)(C)C)C(=O)OCOP(=O)(OC(C)(C)C)OC(C)(C)C. The van der Waals surface area contributed by atoms with E-state index in [1.165, 1.54) is 0 Å². The zero-order chi connectivity index (χ0) is 25.9. The number of phosphoric acid groups is 1. The minimum atomic E-state index is -4.05. The molecule has 0 fully saturated rings. The van der Waals surface area contributed by atoms with E-state index in [4.69, 9.17) is 27.8 Å². The van der Waals surface area contributed by atoms with Gasteiger partial charge in [-0.1, -0.05) is 13.3 Å². The predicted molar refractivity (Wildman–Crippen MR) is 125 cm³/mol. The third-order valence-electron chi connectivity index (χ3n) is 3.31. The average molecular weight is 498 g/mol. The molecule has 0 radical (unpaired) electrons. The van der Waals surface area contributed by atoms with Crippen LogP contribution < -0.4 is 0 Å². The van der Waals surface area contributed by atoms with E-state index >= 15 is 0 Å². The molecule has 0 aliphatic heterocycles. The van der Waals surface area contributed by atoms with Crippen LogP contribution in [0, 0.1) is 0 Å². The van der Waals surface area contributed by atoms with Gasteiger partial charge in [0, 0.05) is 13.2 Å². The zero-order valence-corrected chi connectivity index (χ0v) is 22.9. The number of esters is 1. The average Bonchev–Trinajstić information content (AvgIpc) is 2.55. The highest BCUT2D eigenvalue weighted by molar-refractivity contribution is 7.48. The van der Waals surface area contributed by atoms with E-state index in [9.17, 15) is 14.2 Å². The fourth-order valence-electron chi connectivity index (χ4n) is 2.26. The van der Waals surface area contributed by atoms with Crippen molar-refractivity contribution in [3.8, 4) is 0 Å². The Labute approximate surface area is 199 Å². The number of amides is 1. The summed E-state index contributed by atoms with van der Waals surface area (Å²) in [7, 11) is -4.05. The molecule has 0 aromatic rings. The van der Waals surface area contributed by atoms with Gasteiger partial charge in [-0.2, -0.15) is 0 Å². The Bertz CT molecular complexity index is 628. The normalized spacial score (nSPS) is 13.0. The third kappa shape index (κ3) is 17.9. The number of ether oxygens (including phenoxy) is 3. The summed E-state index contributed by atoms with van der Waals surface area (Å²) in [5.74, 6) is -0.591. The first-order chi connectivity index (χ1) is 14.9. The summed E-state index contributed by atoms with van der Waals surface area (Å²) in [4.78, 5) is 26.0. The standard InChI is InChI=1S/C22H44NO9P/c1-11-12-14-27-15-13-23(16-18(24)30-20(2,3)4)19(25)28-17-29-33(26,31-21(5,6)7)32-22(8,9)10/h11-17H2,1-10H3. The number of hydrogen-bond donors (Lipinski definition) is 0. The lowest BCUT2D eigenvalue weighted by atomic mass is 10.2. The van der Waals surface area contributed by atoms with Gasteiger partial charge in [0.2, 0.25) is 6.79 Å². The van der Waals surface area contributed by atoms with E-state index in [1.807, 2.05) is 6.92 Å². The highest BCUT2D eigenvalue weighted by Crippen LogP contribution is 2.55. The molecule has 0 rings (SSSR count). The maximum absolute atomic E-state index is 13.0. The van der Waals surface area contributed by atoms with Crippen LogP contribution in [0.5, 0.6) is 0 Å². The van der Waals surface area contributed by atoms with Crippen LogP contribution in [0.15, 0.2) is 0 Å². The molecule has 196 valence electrons. The molecule has 10 nitrogen and oxygen atoms in total. The lowest BCUT2D eigenvalue weighted by Gasteiger charge is -2.31. The quantitative estimate of drug-likeness (QED) is 0.145. The Morgan fingerprint density at radius 2 is 1.39 bits per heavy atom. The van der Waals surface area contributed by atoms with Crippen molar-refractivity contribution in [1.82, 2.24) is 4.90 Å². The lowest BCUT2D eigenvalue weighted by Crippen LogP contribution is -2.41. The molecule has 0 bridgehead atoms. The third-order valence-corrected chi connectivity index (χ3v) is 5.27. The highest BCUT2D eigenvalue weighted by atomic mass is 31.2. The molecule has 0 spiro atoms. The Hall–Kier alpha value is -1.19. The van der Waals surface area contributed by atoms with Crippen molar-refractivity contribution in [3.05, 3.63) is 0 Å². The zero-order valence-electron chi connectivity index (χ0n) is 22.0. The van der Waals surface area contributed by atoms with Crippen molar-refractivity contribution in [2.24, 2.45) is 0 Å². The van der Waals surface area contributed by atoms with Gasteiger partial charge in [0.05, 0.1) is 17.8 Å².